The molecule has 24 heavy (non-hydrogen) atoms. The Labute approximate surface area is 141 Å². The molecule has 0 aliphatic carbocycles. The summed E-state index contributed by atoms with van der Waals surface area (Å²) in [6.07, 6.45) is 5.79. The van der Waals surface area contributed by atoms with Gasteiger partial charge in [0.25, 0.3) is 0 Å². The number of aryl methyl sites for hydroxylation is 1. The van der Waals surface area contributed by atoms with Crippen molar-refractivity contribution >= 4 is 17.5 Å². The van der Waals surface area contributed by atoms with Crippen molar-refractivity contribution in [1.29, 1.82) is 0 Å². The second-order valence-electron chi connectivity index (χ2n) is 6.18. The van der Waals surface area contributed by atoms with Gasteiger partial charge in [-0.3, -0.25) is 14.6 Å². The van der Waals surface area contributed by atoms with Gasteiger partial charge in [-0.15, -0.1) is 0 Å². The Kier molecular flexibility index (Phi) is 4.89. The Morgan fingerprint density at radius 3 is 2.75 bits per heavy atom. The minimum atomic E-state index is -0.598. The van der Waals surface area contributed by atoms with Gasteiger partial charge in [-0.25, -0.2) is 0 Å². The van der Waals surface area contributed by atoms with Crippen molar-refractivity contribution in [3.05, 3.63) is 59.9 Å². The molecule has 2 heterocycles. The molecule has 0 spiro atoms. The van der Waals surface area contributed by atoms with Crippen LogP contribution in [0.2, 0.25) is 0 Å². The quantitative estimate of drug-likeness (QED) is 0.883. The summed E-state index contributed by atoms with van der Waals surface area (Å²) in [7, 11) is 0. The van der Waals surface area contributed by atoms with E-state index in [2.05, 4.69) is 41.5 Å². The molecule has 5 heteroatoms. The van der Waals surface area contributed by atoms with E-state index in [4.69, 9.17) is 0 Å². The van der Waals surface area contributed by atoms with Gasteiger partial charge in [0.2, 0.25) is 0 Å². The number of rotatable bonds is 3. The summed E-state index contributed by atoms with van der Waals surface area (Å²) in [6, 6.07) is 11.8. The first-order chi connectivity index (χ1) is 11.6. The lowest BCUT2D eigenvalue weighted by Gasteiger charge is -2.24. The number of nitrogens with one attached hydrogen (secondary N) is 1. The van der Waals surface area contributed by atoms with E-state index >= 15 is 0 Å². The van der Waals surface area contributed by atoms with E-state index in [1.807, 2.05) is 0 Å². The molecule has 0 saturated carbocycles. The predicted molar refractivity (Wildman–Crippen MR) is 92.5 cm³/mol. The van der Waals surface area contributed by atoms with Crippen LogP contribution in [-0.4, -0.2) is 34.3 Å². The van der Waals surface area contributed by atoms with Crippen molar-refractivity contribution < 1.29 is 9.59 Å². The van der Waals surface area contributed by atoms with Crippen molar-refractivity contribution in [2.75, 3.05) is 11.9 Å². The van der Waals surface area contributed by atoms with Crippen LogP contribution in [0.25, 0.3) is 0 Å². The molecule has 1 atom stereocenters. The van der Waals surface area contributed by atoms with Gasteiger partial charge < -0.3 is 10.2 Å². The van der Waals surface area contributed by atoms with Crippen molar-refractivity contribution in [3.63, 3.8) is 0 Å². The molecule has 2 amide bonds. The fourth-order valence-corrected chi connectivity index (χ4v) is 3.06. The number of carbonyl (C=O) groups is 2. The van der Waals surface area contributed by atoms with Crippen LogP contribution in [0.5, 0.6) is 0 Å². The number of hydrogen-bond donors (Lipinski definition) is 1. The van der Waals surface area contributed by atoms with Gasteiger partial charge in [-0.1, -0.05) is 29.8 Å². The Balaban J connectivity index is 1.64. The molecule has 3 rings (SSSR count). The van der Waals surface area contributed by atoms with E-state index in [0.29, 0.717) is 12.2 Å². The lowest BCUT2D eigenvalue weighted by atomic mass is 10.0. The Hall–Kier alpha value is -2.69. The highest BCUT2D eigenvalue weighted by molar-refractivity contribution is 6.39. The van der Waals surface area contributed by atoms with Gasteiger partial charge in [0, 0.05) is 18.8 Å². The van der Waals surface area contributed by atoms with Crippen LogP contribution >= 0.6 is 0 Å². The molecular formula is C19H21N3O2. The maximum Gasteiger partial charge on any atom is 0.313 e. The number of nitrogens with zero attached hydrogens (tertiary/aromatic N) is 2. The molecule has 1 N–H and O–H groups in total. The van der Waals surface area contributed by atoms with Crippen LogP contribution in [0.1, 0.15) is 24.0 Å². The highest BCUT2D eigenvalue weighted by atomic mass is 16.2. The van der Waals surface area contributed by atoms with Gasteiger partial charge in [0.1, 0.15) is 0 Å². The number of aromatic nitrogens is 1. The van der Waals surface area contributed by atoms with Crippen molar-refractivity contribution in [1.82, 2.24) is 9.88 Å². The molecule has 1 saturated heterocycles. The average molecular weight is 323 g/mol. The van der Waals surface area contributed by atoms with Gasteiger partial charge in [-0.05, 0) is 43.9 Å². The summed E-state index contributed by atoms with van der Waals surface area (Å²) in [5, 5.41) is 2.62. The lowest BCUT2D eigenvalue weighted by Crippen LogP contribution is -2.43. The van der Waals surface area contributed by atoms with Gasteiger partial charge in [0.05, 0.1) is 11.9 Å². The van der Waals surface area contributed by atoms with Gasteiger partial charge in [-0.2, -0.15) is 0 Å². The molecule has 2 aromatic rings. The van der Waals surface area contributed by atoms with Gasteiger partial charge in [0.15, 0.2) is 0 Å². The lowest BCUT2D eigenvalue weighted by molar-refractivity contribution is -0.143. The monoisotopic (exact) mass is 323 g/mol. The van der Waals surface area contributed by atoms with Crippen molar-refractivity contribution in [3.8, 4) is 0 Å². The van der Waals surface area contributed by atoms with Gasteiger partial charge >= 0.3 is 11.8 Å². The largest absolute Gasteiger partial charge is 0.331 e. The number of amides is 2. The minimum Gasteiger partial charge on any atom is -0.331 e. The first-order valence-corrected chi connectivity index (χ1v) is 8.21. The Morgan fingerprint density at radius 1 is 1.25 bits per heavy atom. The van der Waals surface area contributed by atoms with E-state index < -0.39 is 11.8 Å². The summed E-state index contributed by atoms with van der Waals surface area (Å²) in [4.78, 5) is 30.3. The second-order valence-corrected chi connectivity index (χ2v) is 6.18. The Bertz CT molecular complexity index is 713. The number of pyridine rings is 1. The van der Waals surface area contributed by atoms with Crippen molar-refractivity contribution in [2.45, 2.75) is 32.2 Å². The highest BCUT2D eigenvalue weighted by Crippen LogP contribution is 2.22. The third kappa shape index (κ3) is 3.79. The minimum absolute atomic E-state index is 0.0832. The van der Waals surface area contributed by atoms with Crippen molar-refractivity contribution in [2.24, 2.45) is 0 Å². The summed E-state index contributed by atoms with van der Waals surface area (Å²) in [6.45, 7) is 2.69. The molecular weight excluding hydrogens is 302 g/mol. The molecule has 1 aromatic carbocycles. The van der Waals surface area contributed by atoms with E-state index in [9.17, 15) is 9.59 Å². The summed E-state index contributed by atoms with van der Waals surface area (Å²) < 4.78 is 0. The number of likely N-dealkylation sites (tertiary alicyclic amines) is 1. The van der Waals surface area contributed by atoms with E-state index in [1.165, 1.54) is 17.3 Å². The molecule has 0 unspecified atom stereocenters. The second kappa shape index (κ2) is 7.25. The first kappa shape index (κ1) is 16.2. The fourth-order valence-electron chi connectivity index (χ4n) is 3.06. The number of carbonyl (C=O) groups excluding carboxylic acids is 2. The maximum atomic E-state index is 12.5. The third-order valence-electron chi connectivity index (χ3n) is 4.34. The average Bonchev–Trinajstić information content (AvgIpc) is 3.05. The molecule has 5 nitrogen and oxygen atoms in total. The first-order valence-electron chi connectivity index (χ1n) is 8.21. The maximum absolute atomic E-state index is 12.5. The molecule has 1 aliphatic heterocycles. The van der Waals surface area contributed by atoms with Crippen LogP contribution < -0.4 is 5.32 Å². The highest BCUT2D eigenvalue weighted by Gasteiger charge is 2.32. The number of benzene rings is 1. The van der Waals surface area contributed by atoms with Crippen LogP contribution in [-0.2, 0) is 16.0 Å². The smallest absolute Gasteiger partial charge is 0.313 e. The predicted octanol–water partition coefficient (Wildman–Crippen LogP) is 2.56. The zero-order chi connectivity index (χ0) is 16.9. The fraction of sp³-hybridized carbons (Fsp3) is 0.316. The van der Waals surface area contributed by atoms with Crippen LogP contribution in [0.15, 0.2) is 48.8 Å². The summed E-state index contributed by atoms with van der Waals surface area (Å²) in [5.74, 6) is -1.06. The Morgan fingerprint density at radius 2 is 2.04 bits per heavy atom. The molecule has 1 aromatic heterocycles. The molecule has 0 bridgehead atoms. The normalized spacial score (nSPS) is 16.9. The summed E-state index contributed by atoms with van der Waals surface area (Å²) >= 11 is 0. The van der Waals surface area contributed by atoms with E-state index in [1.54, 1.807) is 23.2 Å². The molecule has 124 valence electrons. The standard InChI is InChI=1S/C19H21N3O2/c1-14-6-8-15(9-7-14)12-17-5-3-11-22(17)19(24)18(23)21-16-4-2-10-20-13-16/h2,4,6-10,13,17H,3,5,11-12H2,1H3,(H,21,23)/t17-/m0/s1. The molecule has 0 radical (unpaired) electrons. The number of hydrogen-bond acceptors (Lipinski definition) is 3. The zero-order valence-electron chi connectivity index (χ0n) is 13.7. The SMILES string of the molecule is Cc1ccc(C[C@@H]2CCCN2C(=O)C(=O)Nc2cccnc2)cc1. The molecule has 1 aliphatic rings. The topological polar surface area (TPSA) is 62.3 Å². The van der Waals surface area contributed by atoms with E-state index in [0.717, 1.165) is 19.3 Å². The molecule has 1 fully saturated rings. The zero-order valence-corrected chi connectivity index (χ0v) is 13.7. The van der Waals surface area contributed by atoms with E-state index in [-0.39, 0.29) is 6.04 Å². The summed E-state index contributed by atoms with van der Waals surface area (Å²) in [5.41, 5.74) is 2.94. The third-order valence-corrected chi connectivity index (χ3v) is 4.34. The van der Waals surface area contributed by atoms with Crippen LogP contribution in [0, 0.1) is 6.92 Å². The van der Waals surface area contributed by atoms with Crippen LogP contribution in [0.3, 0.4) is 0 Å². The number of anilines is 1. The van der Waals surface area contributed by atoms with Crippen LogP contribution in [0.4, 0.5) is 5.69 Å².